The Hall–Kier alpha value is -2.95. The molecular formula is C16H14F3N5O3. The smallest absolute Gasteiger partial charge is 0.380 e. The summed E-state index contributed by atoms with van der Waals surface area (Å²) in [4.78, 5) is 21.9. The fourth-order valence-electron chi connectivity index (χ4n) is 2.95. The highest BCUT2D eigenvalue weighted by Crippen LogP contribution is 2.29. The van der Waals surface area contributed by atoms with Crippen LogP contribution in [-0.4, -0.2) is 56.6 Å². The van der Waals surface area contributed by atoms with Gasteiger partial charge in [0.15, 0.2) is 0 Å². The quantitative estimate of drug-likeness (QED) is 0.692. The average molecular weight is 381 g/mol. The summed E-state index contributed by atoms with van der Waals surface area (Å²) < 4.78 is 48.8. The van der Waals surface area contributed by atoms with Crippen LogP contribution in [0, 0.1) is 0 Å². The molecule has 1 atom stereocenters. The zero-order valence-electron chi connectivity index (χ0n) is 14.1. The fraction of sp³-hybridized carbons (Fsp3) is 0.375. The van der Waals surface area contributed by atoms with Crippen LogP contribution in [0.15, 0.2) is 29.0 Å². The number of hydrogen-bond donors (Lipinski definition) is 0. The number of aromatic nitrogens is 4. The van der Waals surface area contributed by atoms with Gasteiger partial charge in [-0.2, -0.15) is 18.2 Å². The Kier molecular flexibility index (Phi) is 4.10. The lowest BCUT2D eigenvalue weighted by atomic mass is 10.3. The van der Waals surface area contributed by atoms with Crippen molar-refractivity contribution in [3.05, 3.63) is 36.1 Å². The molecule has 3 aromatic heterocycles. The number of nitrogens with zero attached hydrogens (tertiary/aromatic N) is 5. The van der Waals surface area contributed by atoms with E-state index in [1.54, 1.807) is 18.1 Å². The van der Waals surface area contributed by atoms with Crippen LogP contribution in [0.25, 0.3) is 17.0 Å². The topological polar surface area (TPSA) is 85.8 Å². The molecule has 0 aliphatic carbocycles. The van der Waals surface area contributed by atoms with E-state index >= 15 is 0 Å². The highest BCUT2D eigenvalue weighted by Gasteiger charge is 2.38. The largest absolute Gasteiger partial charge is 0.471 e. The molecule has 1 amide bonds. The molecule has 0 radical (unpaired) electrons. The van der Waals surface area contributed by atoms with Crippen LogP contribution in [0.3, 0.4) is 0 Å². The van der Waals surface area contributed by atoms with Crippen molar-refractivity contribution in [2.45, 2.75) is 18.7 Å². The van der Waals surface area contributed by atoms with E-state index in [9.17, 15) is 18.0 Å². The number of hydrogen-bond acceptors (Lipinski definition) is 6. The highest BCUT2D eigenvalue weighted by molar-refractivity contribution is 5.93. The molecule has 0 spiro atoms. The maximum atomic E-state index is 12.6. The molecule has 27 heavy (non-hydrogen) atoms. The molecule has 1 unspecified atom stereocenters. The minimum Gasteiger partial charge on any atom is -0.380 e. The maximum absolute atomic E-state index is 12.6. The lowest BCUT2D eigenvalue weighted by Gasteiger charge is -2.14. The number of carbonyl (C=O) groups excluding carboxylic acids is 1. The van der Waals surface area contributed by atoms with E-state index in [4.69, 9.17) is 4.74 Å². The summed E-state index contributed by atoms with van der Waals surface area (Å²) in [5, 5.41) is 3.35. The molecule has 0 N–H and O–H groups in total. The zero-order valence-corrected chi connectivity index (χ0v) is 14.1. The number of imidazole rings is 1. The number of halogens is 3. The normalized spacial score (nSPS) is 17.8. The van der Waals surface area contributed by atoms with Gasteiger partial charge in [-0.3, -0.25) is 4.79 Å². The predicted molar refractivity (Wildman–Crippen MR) is 84.8 cm³/mol. The summed E-state index contributed by atoms with van der Waals surface area (Å²) in [6.45, 7) is 1.08. The van der Waals surface area contributed by atoms with Crippen molar-refractivity contribution in [2.75, 3.05) is 20.2 Å². The third-order valence-corrected chi connectivity index (χ3v) is 4.36. The standard InChI is InChI=1S/C16H14F3N5O3/c1-26-10-4-5-23(7-10)14(25)11-8-24-6-9(2-3-12(24)20-11)13-21-15(27-22-13)16(17,18)19/h2-3,6,8,10H,4-5,7H2,1H3. The molecule has 1 aliphatic rings. The molecule has 0 bridgehead atoms. The lowest BCUT2D eigenvalue weighted by molar-refractivity contribution is -0.159. The molecule has 142 valence electrons. The number of alkyl halides is 3. The number of pyridine rings is 1. The van der Waals surface area contributed by atoms with Crippen molar-refractivity contribution in [3.63, 3.8) is 0 Å². The van der Waals surface area contributed by atoms with Gasteiger partial charge in [-0.15, -0.1) is 0 Å². The number of carbonyl (C=O) groups is 1. The zero-order chi connectivity index (χ0) is 19.2. The molecule has 0 saturated carbocycles. The molecule has 8 nitrogen and oxygen atoms in total. The van der Waals surface area contributed by atoms with Crippen molar-refractivity contribution in [2.24, 2.45) is 0 Å². The Morgan fingerprint density at radius 3 is 2.78 bits per heavy atom. The molecule has 4 rings (SSSR count). The van der Waals surface area contributed by atoms with E-state index in [0.29, 0.717) is 24.3 Å². The monoisotopic (exact) mass is 381 g/mol. The van der Waals surface area contributed by atoms with E-state index in [2.05, 4.69) is 19.6 Å². The van der Waals surface area contributed by atoms with Gasteiger partial charge >= 0.3 is 12.1 Å². The van der Waals surface area contributed by atoms with Crippen molar-refractivity contribution in [1.82, 2.24) is 24.4 Å². The third kappa shape index (κ3) is 3.25. The van der Waals surface area contributed by atoms with Gasteiger partial charge in [0.1, 0.15) is 11.3 Å². The third-order valence-electron chi connectivity index (χ3n) is 4.36. The Labute approximate surface area is 150 Å². The average Bonchev–Trinajstić information content (AvgIpc) is 3.37. The number of fused-ring (bicyclic) bond motifs is 1. The minimum absolute atomic E-state index is 0.0126. The SMILES string of the molecule is COC1CCN(C(=O)c2cn3cc(-c4noc(C(F)(F)F)n4)ccc3n2)C1. The molecule has 1 saturated heterocycles. The summed E-state index contributed by atoms with van der Waals surface area (Å²) in [7, 11) is 1.60. The first-order valence-corrected chi connectivity index (χ1v) is 8.07. The Morgan fingerprint density at radius 1 is 1.30 bits per heavy atom. The van der Waals surface area contributed by atoms with Gasteiger partial charge in [-0.1, -0.05) is 5.16 Å². The van der Waals surface area contributed by atoms with Gasteiger partial charge in [0.25, 0.3) is 5.91 Å². The number of ether oxygens (including phenoxy) is 1. The summed E-state index contributed by atoms with van der Waals surface area (Å²) >= 11 is 0. The van der Waals surface area contributed by atoms with Crippen molar-refractivity contribution in [3.8, 4) is 11.4 Å². The van der Waals surface area contributed by atoms with Crippen LogP contribution < -0.4 is 0 Å². The molecule has 11 heteroatoms. The van der Waals surface area contributed by atoms with E-state index in [-0.39, 0.29) is 23.5 Å². The van der Waals surface area contributed by atoms with Crippen LogP contribution in [-0.2, 0) is 10.9 Å². The van der Waals surface area contributed by atoms with Gasteiger partial charge in [-0.25, -0.2) is 4.98 Å². The van der Waals surface area contributed by atoms with Crippen LogP contribution in [0.5, 0.6) is 0 Å². The second kappa shape index (κ2) is 6.34. The molecule has 1 fully saturated rings. The van der Waals surface area contributed by atoms with Crippen LogP contribution in [0.4, 0.5) is 13.2 Å². The number of methoxy groups -OCH3 is 1. The van der Waals surface area contributed by atoms with Crippen LogP contribution in [0.1, 0.15) is 22.8 Å². The van der Waals surface area contributed by atoms with Gasteiger partial charge < -0.3 is 18.6 Å². The van der Waals surface area contributed by atoms with E-state index in [1.165, 1.54) is 22.9 Å². The van der Waals surface area contributed by atoms with Crippen molar-refractivity contribution < 1.29 is 27.2 Å². The van der Waals surface area contributed by atoms with Gasteiger partial charge in [-0.05, 0) is 18.6 Å². The molecule has 1 aliphatic heterocycles. The van der Waals surface area contributed by atoms with Crippen LogP contribution in [0.2, 0.25) is 0 Å². The molecule has 3 aromatic rings. The molecule has 0 aromatic carbocycles. The van der Waals surface area contributed by atoms with Crippen LogP contribution >= 0.6 is 0 Å². The van der Waals surface area contributed by atoms with E-state index < -0.39 is 12.1 Å². The Morgan fingerprint density at radius 2 is 2.11 bits per heavy atom. The first-order valence-electron chi connectivity index (χ1n) is 8.07. The van der Waals surface area contributed by atoms with E-state index in [1.807, 2.05) is 0 Å². The van der Waals surface area contributed by atoms with Crippen molar-refractivity contribution >= 4 is 11.6 Å². The fourth-order valence-corrected chi connectivity index (χ4v) is 2.95. The first-order chi connectivity index (χ1) is 12.8. The summed E-state index contributed by atoms with van der Waals surface area (Å²) in [6, 6.07) is 3.08. The van der Waals surface area contributed by atoms with E-state index in [0.717, 1.165) is 6.42 Å². The summed E-state index contributed by atoms with van der Waals surface area (Å²) in [5.74, 6) is -1.84. The first kappa shape index (κ1) is 17.5. The summed E-state index contributed by atoms with van der Waals surface area (Å²) in [5.41, 5.74) is 1.02. The highest BCUT2D eigenvalue weighted by atomic mass is 19.4. The van der Waals surface area contributed by atoms with Gasteiger partial charge in [0.2, 0.25) is 5.82 Å². The molecular weight excluding hydrogens is 367 g/mol. The summed E-state index contributed by atoms with van der Waals surface area (Å²) in [6.07, 6.45) is -0.921. The lowest BCUT2D eigenvalue weighted by Crippen LogP contribution is -2.30. The van der Waals surface area contributed by atoms with Crippen molar-refractivity contribution in [1.29, 1.82) is 0 Å². The Balaban J connectivity index is 1.60. The second-order valence-corrected chi connectivity index (χ2v) is 6.13. The number of likely N-dealkylation sites (tertiary alicyclic amines) is 1. The number of amides is 1. The molecule has 4 heterocycles. The minimum atomic E-state index is -4.71. The van der Waals surface area contributed by atoms with Gasteiger partial charge in [0.05, 0.1) is 6.10 Å². The predicted octanol–water partition coefficient (Wildman–Crippen LogP) is 2.26. The maximum Gasteiger partial charge on any atom is 0.471 e. The van der Waals surface area contributed by atoms with Gasteiger partial charge in [0, 0.05) is 38.2 Å². The Bertz CT molecular complexity index is 997. The number of rotatable bonds is 3. The second-order valence-electron chi connectivity index (χ2n) is 6.13.